The first-order valence-electron chi connectivity index (χ1n) is 6.51. The van der Waals surface area contributed by atoms with Crippen LogP contribution in [0.15, 0.2) is 30.3 Å². The zero-order valence-corrected chi connectivity index (χ0v) is 10.4. The summed E-state index contributed by atoms with van der Waals surface area (Å²) in [6, 6.07) is 13.4. The second kappa shape index (κ2) is 4.28. The quantitative estimate of drug-likeness (QED) is 0.731. The zero-order valence-electron chi connectivity index (χ0n) is 10.4. The van der Waals surface area contributed by atoms with Crippen LogP contribution in [0.5, 0.6) is 11.5 Å². The van der Waals surface area contributed by atoms with Gasteiger partial charge in [-0.3, -0.25) is 0 Å². The Morgan fingerprint density at radius 1 is 1.00 bits per heavy atom. The predicted octanol–water partition coefficient (Wildman–Crippen LogP) is 2.96. The van der Waals surface area contributed by atoms with Gasteiger partial charge in [-0.2, -0.15) is 4.89 Å². The second-order valence-corrected chi connectivity index (χ2v) is 4.77. The van der Waals surface area contributed by atoms with Crippen LogP contribution in [0.2, 0.25) is 0 Å². The lowest BCUT2D eigenvalue weighted by Crippen LogP contribution is -2.10. The van der Waals surface area contributed by atoms with Gasteiger partial charge in [0.25, 0.3) is 0 Å². The summed E-state index contributed by atoms with van der Waals surface area (Å²) in [6.07, 6.45) is 1.84. The van der Waals surface area contributed by atoms with Crippen molar-refractivity contribution in [2.75, 3.05) is 13.2 Å². The molecule has 4 rings (SSSR count). The molecule has 0 aliphatic carbocycles. The molecule has 0 unspecified atom stereocenters. The molecule has 0 saturated heterocycles. The monoisotopic (exact) mass is 253 g/mol. The predicted molar refractivity (Wildman–Crippen MR) is 70.2 cm³/mol. The van der Waals surface area contributed by atoms with Gasteiger partial charge in [-0.05, 0) is 35.4 Å². The van der Waals surface area contributed by atoms with Gasteiger partial charge in [0.05, 0.1) is 13.2 Å². The topological polar surface area (TPSA) is 27.7 Å². The molecule has 0 bridgehead atoms. The highest BCUT2D eigenvalue weighted by Crippen LogP contribution is 2.36. The maximum atomic E-state index is 5.61. The summed E-state index contributed by atoms with van der Waals surface area (Å²) in [5, 5.41) is 0. The van der Waals surface area contributed by atoms with Crippen LogP contribution in [0.25, 0.3) is 11.1 Å². The molecule has 0 fully saturated rings. The zero-order chi connectivity index (χ0) is 12.7. The van der Waals surface area contributed by atoms with Crippen LogP contribution < -0.4 is 9.62 Å². The van der Waals surface area contributed by atoms with Crippen molar-refractivity contribution in [1.82, 2.24) is 0 Å². The molecule has 0 N–H and O–H groups in total. The van der Waals surface area contributed by atoms with Gasteiger partial charge in [0.2, 0.25) is 0 Å². The largest absolute Gasteiger partial charge is 0.493 e. The summed E-state index contributed by atoms with van der Waals surface area (Å²) in [7, 11) is 0. The van der Waals surface area contributed by atoms with Crippen molar-refractivity contribution in [1.29, 1.82) is 0 Å². The molecule has 3 heteroatoms. The summed E-state index contributed by atoms with van der Waals surface area (Å²) in [5.41, 5.74) is 4.76. The Morgan fingerprint density at radius 3 is 3.00 bits per heavy atom. The molecule has 2 heterocycles. The van der Waals surface area contributed by atoms with Gasteiger partial charge in [-0.25, -0.2) is 0 Å². The summed E-state index contributed by atoms with van der Waals surface area (Å²) >= 11 is 0. The van der Waals surface area contributed by atoms with Crippen molar-refractivity contribution < 1.29 is 14.5 Å². The van der Waals surface area contributed by atoms with Gasteiger partial charge in [0.1, 0.15) is 5.75 Å². The average Bonchev–Trinajstić information content (AvgIpc) is 2.95. The molecule has 0 atom stereocenters. The minimum Gasteiger partial charge on any atom is -0.493 e. The minimum absolute atomic E-state index is 0.607. The molecule has 1 radical (unpaired) electrons. The molecule has 95 valence electrons. The molecule has 2 aliphatic rings. The third-order valence-electron chi connectivity index (χ3n) is 3.62. The Morgan fingerprint density at radius 2 is 2.00 bits per heavy atom. The molecular formula is C16H13O3. The van der Waals surface area contributed by atoms with Crippen molar-refractivity contribution in [3.63, 3.8) is 0 Å². The van der Waals surface area contributed by atoms with Crippen LogP contribution in [0, 0.1) is 6.07 Å². The Kier molecular flexibility index (Phi) is 2.45. The van der Waals surface area contributed by atoms with Crippen molar-refractivity contribution in [2.45, 2.75) is 12.8 Å². The van der Waals surface area contributed by atoms with Crippen molar-refractivity contribution in [2.24, 2.45) is 0 Å². The van der Waals surface area contributed by atoms with Gasteiger partial charge in [0.15, 0.2) is 5.75 Å². The van der Waals surface area contributed by atoms with Crippen LogP contribution >= 0.6 is 0 Å². The van der Waals surface area contributed by atoms with Gasteiger partial charge in [0, 0.05) is 24.0 Å². The normalized spacial score (nSPS) is 16.2. The third kappa shape index (κ3) is 1.78. The van der Waals surface area contributed by atoms with E-state index in [2.05, 4.69) is 18.2 Å². The fourth-order valence-corrected chi connectivity index (χ4v) is 2.68. The maximum Gasteiger partial charge on any atom is 0.168 e. The fourth-order valence-electron chi connectivity index (χ4n) is 2.68. The second-order valence-electron chi connectivity index (χ2n) is 4.77. The SMILES string of the molecule is [c]1ccc2c(c1-c1ccc3c(c1)CCOO3)CCO2. The van der Waals surface area contributed by atoms with E-state index >= 15 is 0 Å². The van der Waals surface area contributed by atoms with Crippen LogP contribution in [0.4, 0.5) is 0 Å². The van der Waals surface area contributed by atoms with Gasteiger partial charge >= 0.3 is 0 Å². The lowest BCUT2D eigenvalue weighted by molar-refractivity contribution is -0.215. The molecule has 19 heavy (non-hydrogen) atoms. The highest BCUT2D eigenvalue weighted by Gasteiger charge is 2.18. The smallest absolute Gasteiger partial charge is 0.168 e. The maximum absolute atomic E-state index is 5.61. The average molecular weight is 253 g/mol. The lowest BCUT2D eigenvalue weighted by Gasteiger charge is -2.17. The molecule has 0 spiro atoms. The number of ether oxygens (including phenoxy) is 1. The first-order valence-corrected chi connectivity index (χ1v) is 6.51. The van der Waals surface area contributed by atoms with E-state index in [0.717, 1.165) is 36.5 Å². The molecule has 0 amide bonds. The van der Waals surface area contributed by atoms with Gasteiger partial charge < -0.3 is 9.62 Å². The fraction of sp³-hybridized carbons (Fsp3) is 0.250. The van der Waals surface area contributed by atoms with E-state index in [1.54, 1.807) is 0 Å². The third-order valence-corrected chi connectivity index (χ3v) is 3.62. The van der Waals surface area contributed by atoms with E-state index in [1.807, 2.05) is 18.2 Å². The van der Waals surface area contributed by atoms with Crippen molar-refractivity contribution >= 4 is 0 Å². The van der Waals surface area contributed by atoms with Gasteiger partial charge in [-0.15, -0.1) is 0 Å². The first-order chi connectivity index (χ1) is 9.42. The number of hydrogen-bond donors (Lipinski definition) is 0. The van der Waals surface area contributed by atoms with Crippen LogP contribution in [-0.2, 0) is 17.7 Å². The van der Waals surface area contributed by atoms with E-state index in [4.69, 9.17) is 14.5 Å². The number of benzene rings is 2. The highest BCUT2D eigenvalue weighted by molar-refractivity contribution is 5.71. The lowest BCUT2D eigenvalue weighted by atomic mass is 9.95. The van der Waals surface area contributed by atoms with E-state index < -0.39 is 0 Å². The molecule has 2 aromatic carbocycles. The summed E-state index contributed by atoms with van der Waals surface area (Å²) in [6.45, 7) is 1.37. The van der Waals surface area contributed by atoms with Crippen LogP contribution in [0.1, 0.15) is 11.1 Å². The van der Waals surface area contributed by atoms with E-state index in [1.165, 1.54) is 16.7 Å². The molecule has 2 aromatic rings. The number of rotatable bonds is 1. The number of hydrogen-bond acceptors (Lipinski definition) is 3. The summed E-state index contributed by atoms with van der Waals surface area (Å²) in [5.74, 6) is 1.81. The van der Waals surface area contributed by atoms with Crippen LogP contribution in [-0.4, -0.2) is 13.2 Å². The Hall–Kier alpha value is -2.00. The van der Waals surface area contributed by atoms with Crippen LogP contribution in [0.3, 0.4) is 0 Å². The first kappa shape index (κ1) is 10.9. The minimum atomic E-state index is 0.607. The van der Waals surface area contributed by atoms with Crippen molar-refractivity contribution in [3.05, 3.63) is 47.5 Å². The molecule has 3 nitrogen and oxygen atoms in total. The summed E-state index contributed by atoms with van der Waals surface area (Å²) < 4.78 is 5.61. The molecule has 0 saturated carbocycles. The van der Waals surface area contributed by atoms with E-state index in [-0.39, 0.29) is 0 Å². The van der Waals surface area contributed by atoms with Gasteiger partial charge in [-0.1, -0.05) is 12.1 Å². The Bertz CT molecular complexity index is 634. The standard InChI is InChI=1S/C16H13O3/c1-2-13(14-7-8-17-16(14)3-1)11-4-5-15-12(10-11)6-9-18-19-15/h1,3-5,10H,6-9H2. The molecule has 0 aromatic heterocycles. The van der Waals surface area contributed by atoms with E-state index in [9.17, 15) is 0 Å². The molecular weight excluding hydrogens is 240 g/mol. The van der Waals surface area contributed by atoms with E-state index in [0.29, 0.717) is 6.61 Å². The summed E-state index contributed by atoms with van der Waals surface area (Å²) in [4.78, 5) is 10.2. The van der Waals surface area contributed by atoms with Crippen molar-refractivity contribution in [3.8, 4) is 22.6 Å². The molecule has 2 aliphatic heterocycles. The highest BCUT2D eigenvalue weighted by atomic mass is 17.2. The number of fused-ring (bicyclic) bond motifs is 2. The Labute approximate surface area is 111 Å². The Balaban J connectivity index is 1.83.